The maximum absolute atomic E-state index is 13.9. The van der Waals surface area contributed by atoms with Gasteiger partial charge in [-0.15, -0.1) is 11.3 Å². The topological polar surface area (TPSA) is 21.3 Å². The van der Waals surface area contributed by atoms with E-state index in [1.807, 2.05) is 24.5 Å². The number of rotatable bonds is 4. The number of nitrogens with one attached hydrogen (secondary N) is 1. The Labute approximate surface area is 129 Å². The molecule has 1 aliphatic carbocycles. The maximum atomic E-state index is 13.9. The third kappa shape index (κ3) is 2.83. The number of halogens is 1. The first kappa shape index (κ1) is 14.5. The lowest BCUT2D eigenvalue weighted by molar-refractivity contribution is 0.386. The highest BCUT2D eigenvalue weighted by atomic mass is 32.1. The normalized spacial score (nSPS) is 15.6. The van der Waals surface area contributed by atoms with Crippen molar-refractivity contribution >= 4 is 11.3 Å². The van der Waals surface area contributed by atoms with Crippen molar-refractivity contribution in [2.75, 3.05) is 14.2 Å². The van der Waals surface area contributed by atoms with Crippen LogP contribution in [0, 0.1) is 5.82 Å². The first-order chi connectivity index (χ1) is 10.2. The van der Waals surface area contributed by atoms with Gasteiger partial charge in [-0.3, -0.25) is 0 Å². The molecule has 1 unspecified atom stereocenters. The van der Waals surface area contributed by atoms with Gasteiger partial charge in [0.25, 0.3) is 0 Å². The number of hydrogen-bond acceptors (Lipinski definition) is 3. The fourth-order valence-corrected chi connectivity index (χ4v) is 4.39. The smallest absolute Gasteiger partial charge is 0.165 e. The van der Waals surface area contributed by atoms with Crippen molar-refractivity contribution in [2.45, 2.75) is 31.7 Å². The van der Waals surface area contributed by atoms with E-state index >= 15 is 0 Å². The van der Waals surface area contributed by atoms with Crippen molar-refractivity contribution < 1.29 is 9.13 Å². The van der Waals surface area contributed by atoms with Crippen molar-refractivity contribution in [3.63, 3.8) is 0 Å². The molecule has 0 amide bonds. The third-order valence-electron chi connectivity index (χ3n) is 4.10. The third-order valence-corrected chi connectivity index (χ3v) is 5.40. The van der Waals surface area contributed by atoms with Gasteiger partial charge in [0.05, 0.1) is 13.2 Å². The van der Waals surface area contributed by atoms with E-state index < -0.39 is 0 Å². The summed E-state index contributed by atoms with van der Waals surface area (Å²) in [6.07, 6.45) is 4.94. The first-order valence-electron chi connectivity index (χ1n) is 7.35. The molecule has 1 N–H and O–H groups in total. The molecular formula is C17H20FNOS. The average Bonchev–Trinajstić information content (AvgIpc) is 2.91. The quantitative estimate of drug-likeness (QED) is 0.919. The van der Waals surface area contributed by atoms with Crippen LogP contribution >= 0.6 is 11.3 Å². The van der Waals surface area contributed by atoms with Crippen LogP contribution in [0.3, 0.4) is 0 Å². The Kier molecular flexibility index (Phi) is 4.27. The molecule has 21 heavy (non-hydrogen) atoms. The Hall–Kier alpha value is -1.39. The Morgan fingerprint density at radius 3 is 2.71 bits per heavy atom. The van der Waals surface area contributed by atoms with Crippen LogP contribution in [-0.2, 0) is 12.8 Å². The molecule has 2 aromatic rings. The number of benzene rings is 1. The summed E-state index contributed by atoms with van der Waals surface area (Å²) in [5.74, 6) is -0.0179. The number of aryl methyl sites for hydroxylation is 2. The van der Waals surface area contributed by atoms with E-state index in [0.29, 0.717) is 5.75 Å². The molecule has 0 saturated carbocycles. The number of thiophene rings is 1. The minimum atomic E-state index is -0.309. The fraction of sp³-hybridized carbons (Fsp3) is 0.412. The van der Waals surface area contributed by atoms with Gasteiger partial charge in [-0.2, -0.15) is 0 Å². The van der Waals surface area contributed by atoms with Crippen molar-refractivity contribution in [1.29, 1.82) is 0 Å². The minimum Gasteiger partial charge on any atom is -0.494 e. The first-order valence-corrected chi connectivity index (χ1v) is 8.16. The predicted molar refractivity (Wildman–Crippen MR) is 84.8 cm³/mol. The number of methoxy groups -OCH3 is 1. The zero-order chi connectivity index (χ0) is 14.8. The van der Waals surface area contributed by atoms with Crippen LogP contribution in [0.4, 0.5) is 4.39 Å². The van der Waals surface area contributed by atoms with Gasteiger partial charge in [-0.1, -0.05) is 6.07 Å². The average molecular weight is 305 g/mol. The molecule has 0 fully saturated rings. The summed E-state index contributed by atoms with van der Waals surface area (Å²) < 4.78 is 18.9. The summed E-state index contributed by atoms with van der Waals surface area (Å²) in [6, 6.07) is 7.53. The summed E-state index contributed by atoms with van der Waals surface area (Å²) in [7, 11) is 3.41. The van der Waals surface area contributed by atoms with Gasteiger partial charge < -0.3 is 10.1 Å². The molecule has 112 valence electrons. The minimum absolute atomic E-state index is 0.0426. The van der Waals surface area contributed by atoms with Crippen LogP contribution in [0.2, 0.25) is 0 Å². The SMILES string of the molecule is CNC(c1ccc(OC)c(F)c1)c1cc2c(s1)CCCC2. The molecule has 4 heteroatoms. The van der Waals surface area contributed by atoms with E-state index in [2.05, 4.69) is 11.4 Å². The van der Waals surface area contributed by atoms with Gasteiger partial charge in [0.2, 0.25) is 0 Å². The molecule has 1 aromatic heterocycles. The zero-order valence-corrected chi connectivity index (χ0v) is 13.2. The van der Waals surface area contributed by atoms with Gasteiger partial charge in [-0.05, 0) is 62.1 Å². The summed E-state index contributed by atoms with van der Waals surface area (Å²) in [5.41, 5.74) is 2.42. The van der Waals surface area contributed by atoms with Crippen molar-refractivity contribution in [1.82, 2.24) is 5.32 Å². The van der Waals surface area contributed by atoms with Gasteiger partial charge >= 0.3 is 0 Å². The predicted octanol–water partition coefficient (Wildman–Crippen LogP) is 4.08. The Balaban J connectivity index is 1.94. The number of hydrogen-bond donors (Lipinski definition) is 1. The Bertz CT molecular complexity index is 614. The van der Waals surface area contributed by atoms with E-state index in [-0.39, 0.29) is 11.9 Å². The molecule has 0 bridgehead atoms. The molecule has 1 heterocycles. The molecule has 1 aromatic carbocycles. The highest BCUT2D eigenvalue weighted by Crippen LogP contribution is 2.36. The molecule has 0 aliphatic heterocycles. The molecule has 0 radical (unpaired) electrons. The number of fused-ring (bicyclic) bond motifs is 1. The maximum Gasteiger partial charge on any atom is 0.165 e. The highest BCUT2D eigenvalue weighted by molar-refractivity contribution is 7.12. The van der Waals surface area contributed by atoms with Crippen LogP contribution in [-0.4, -0.2) is 14.2 Å². The molecule has 3 rings (SSSR count). The van der Waals surface area contributed by atoms with Crippen LogP contribution < -0.4 is 10.1 Å². The van der Waals surface area contributed by atoms with E-state index in [9.17, 15) is 4.39 Å². The molecule has 0 saturated heterocycles. The fourth-order valence-electron chi connectivity index (χ4n) is 2.99. The summed E-state index contributed by atoms with van der Waals surface area (Å²) in [4.78, 5) is 2.78. The van der Waals surface area contributed by atoms with Gasteiger partial charge in [0, 0.05) is 9.75 Å². The van der Waals surface area contributed by atoms with E-state index in [1.165, 1.54) is 48.1 Å². The summed E-state index contributed by atoms with van der Waals surface area (Å²) in [5, 5.41) is 3.31. The number of ether oxygens (including phenoxy) is 1. The second-order valence-electron chi connectivity index (χ2n) is 5.42. The molecule has 0 spiro atoms. The lowest BCUT2D eigenvalue weighted by atomic mass is 9.98. The molecule has 1 atom stereocenters. The van der Waals surface area contributed by atoms with Gasteiger partial charge in [0.15, 0.2) is 11.6 Å². The van der Waals surface area contributed by atoms with Crippen LogP contribution in [0.25, 0.3) is 0 Å². The standard InChI is InChI=1S/C17H20FNOS/c1-19-17(12-7-8-14(20-2)13(18)9-12)16-10-11-5-3-4-6-15(11)21-16/h7-10,17,19H,3-6H2,1-2H3. The molecular weight excluding hydrogens is 285 g/mol. The second-order valence-corrected chi connectivity index (χ2v) is 6.59. The van der Waals surface area contributed by atoms with Gasteiger partial charge in [0.1, 0.15) is 0 Å². The Morgan fingerprint density at radius 1 is 1.24 bits per heavy atom. The lowest BCUT2D eigenvalue weighted by Gasteiger charge is -2.16. The lowest BCUT2D eigenvalue weighted by Crippen LogP contribution is -2.16. The highest BCUT2D eigenvalue weighted by Gasteiger charge is 2.20. The van der Waals surface area contributed by atoms with E-state index in [4.69, 9.17) is 4.74 Å². The van der Waals surface area contributed by atoms with Crippen molar-refractivity contribution in [3.8, 4) is 5.75 Å². The second kappa shape index (κ2) is 6.16. The van der Waals surface area contributed by atoms with E-state index in [0.717, 1.165) is 5.56 Å². The molecule has 2 nitrogen and oxygen atoms in total. The Morgan fingerprint density at radius 2 is 2.05 bits per heavy atom. The molecule has 1 aliphatic rings. The monoisotopic (exact) mass is 305 g/mol. The van der Waals surface area contributed by atoms with Gasteiger partial charge in [-0.25, -0.2) is 4.39 Å². The summed E-state index contributed by atoms with van der Waals surface area (Å²) in [6.45, 7) is 0. The van der Waals surface area contributed by atoms with E-state index in [1.54, 1.807) is 12.1 Å². The van der Waals surface area contributed by atoms with Crippen molar-refractivity contribution in [2.24, 2.45) is 0 Å². The summed E-state index contributed by atoms with van der Waals surface area (Å²) >= 11 is 1.86. The van der Waals surface area contributed by atoms with Crippen LogP contribution in [0.5, 0.6) is 5.75 Å². The van der Waals surface area contributed by atoms with Crippen molar-refractivity contribution in [3.05, 3.63) is 51.0 Å². The van der Waals surface area contributed by atoms with Crippen LogP contribution in [0.1, 0.15) is 39.8 Å². The zero-order valence-electron chi connectivity index (χ0n) is 12.4. The largest absolute Gasteiger partial charge is 0.494 e. The van der Waals surface area contributed by atoms with Crippen LogP contribution in [0.15, 0.2) is 24.3 Å².